The van der Waals surface area contributed by atoms with Gasteiger partial charge in [0.1, 0.15) is 52.6 Å². The first kappa shape index (κ1) is 39.6. The number of ether oxygens (including phenoxy) is 1. The summed E-state index contributed by atoms with van der Waals surface area (Å²) < 4.78 is 87.6. The van der Waals surface area contributed by atoms with Crippen LogP contribution < -0.4 is 15.9 Å². The summed E-state index contributed by atoms with van der Waals surface area (Å²) in [5.74, 6) is -1.55. The molecular weight excluding hydrogens is 764 g/mol. The van der Waals surface area contributed by atoms with Gasteiger partial charge in [-0.3, -0.25) is 14.1 Å². The lowest BCUT2D eigenvalue weighted by Gasteiger charge is -2.35. The molecule has 8 rings (SSSR count). The minimum Gasteiger partial charge on any atom is -0.488 e. The van der Waals surface area contributed by atoms with E-state index < -0.39 is 50.2 Å². The number of nitrogens with zero attached hydrogens (tertiary/aromatic N) is 4. The topological polar surface area (TPSA) is 180 Å². The molecule has 2 aliphatic rings. The first-order valence-corrected chi connectivity index (χ1v) is 19.9. The van der Waals surface area contributed by atoms with E-state index in [1.165, 1.54) is 53.5 Å². The maximum Gasteiger partial charge on any atom is 0.265 e. The normalized spacial score (nSPS) is 19.3. The highest BCUT2D eigenvalue weighted by Crippen LogP contribution is 2.64. The van der Waals surface area contributed by atoms with Gasteiger partial charge in [-0.2, -0.15) is 13.5 Å². The predicted octanol–water partition coefficient (Wildman–Crippen LogP) is 7.93. The van der Waals surface area contributed by atoms with Gasteiger partial charge in [0.15, 0.2) is 17.2 Å². The number of Topliss-reactive ketones (excluding diaryl/α,β-unsaturated/α-hetero) is 1. The lowest BCUT2D eigenvalue weighted by molar-refractivity contribution is -0.128. The van der Waals surface area contributed by atoms with Crippen LogP contribution in [0.2, 0.25) is 0 Å². The molecule has 3 atom stereocenters. The molecule has 16 heteroatoms. The van der Waals surface area contributed by atoms with Gasteiger partial charge in [-0.25, -0.2) is 27.8 Å². The maximum atomic E-state index is 15.0. The molecule has 2 unspecified atom stereocenters. The number of anilines is 1. The molecule has 2 saturated carbocycles. The van der Waals surface area contributed by atoms with Crippen LogP contribution in [0.25, 0.3) is 44.4 Å². The van der Waals surface area contributed by atoms with Crippen molar-refractivity contribution in [2.24, 2.45) is 16.7 Å². The zero-order chi connectivity index (χ0) is 41.2. The van der Waals surface area contributed by atoms with E-state index in [0.29, 0.717) is 35.1 Å². The van der Waals surface area contributed by atoms with E-state index >= 15 is 0 Å². The SMILES string of the molecule is CC(C)Oc1ccc(-c2nn([C@@H](C)c3oc4ccc(F)cc4c(=O)c3-c3cccc(F)c3)c3ncnc(N)c23)cc1F.CC1(C)C2CCC1(CS(=O)(=O)O)C(=O)C2. The highest BCUT2D eigenvalue weighted by molar-refractivity contribution is 7.85. The summed E-state index contributed by atoms with van der Waals surface area (Å²) in [5, 5.41) is 5.10. The first-order chi connectivity index (χ1) is 26.8. The number of carbonyl (C=O) groups is 1. The molecule has 0 radical (unpaired) electrons. The summed E-state index contributed by atoms with van der Waals surface area (Å²) in [6.07, 6.45) is 3.01. The zero-order valence-corrected chi connectivity index (χ0v) is 32.5. The van der Waals surface area contributed by atoms with Crippen molar-refractivity contribution >= 4 is 43.7 Å². The number of ketones is 1. The van der Waals surface area contributed by atoms with E-state index in [-0.39, 0.29) is 62.6 Å². The molecule has 2 aliphatic carbocycles. The van der Waals surface area contributed by atoms with E-state index in [0.717, 1.165) is 12.5 Å². The van der Waals surface area contributed by atoms with Crippen LogP contribution in [0, 0.1) is 34.2 Å². The van der Waals surface area contributed by atoms with Crippen LogP contribution in [-0.2, 0) is 14.9 Å². The largest absolute Gasteiger partial charge is 0.488 e. The number of benzene rings is 3. The Balaban J connectivity index is 0.000000277. The van der Waals surface area contributed by atoms with Crippen molar-refractivity contribution in [1.29, 1.82) is 0 Å². The van der Waals surface area contributed by atoms with Gasteiger partial charge in [0, 0.05) is 12.0 Å². The Hall–Kier alpha value is -5.61. The van der Waals surface area contributed by atoms with Gasteiger partial charge in [-0.1, -0.05) is 26.0 Å². The van der Waals surface area contributed by atoms with Gasteiger partial charge < -0.3 is 14.9 Å². The Morgan fingerprint density at radius 3 is 2.37 bits per heavy atom. The maximum absolute atomic E-state index is 15.0. The third-order valence-electron chi connectivity index (χ3n) is 11.4. The van der Waals surface area contributed by atoms with E-state index in [4.69, 9.17) is 24.5 Å². The van der Waals surface area contributed by atoms with E-state index in [1.54, 1.807) is 32.9 Å². The minimum absolute atomic E-state index is 0.00183. The van der Waals surface area contributed by atoms with Crippen LogP contribution in [0.5, 0.6) is 5.75 Å². The van der Waals surface area contributed by atoms with Crippen LogP contribution in [0.1, 0.15) is 65.7 Å². The Morgan fingerprint density at radius 1 is 1.00 bits per heavy atom. The fourth-order valence-electron chi connectivity index (χ4n) is 8.39. The molecule has 0 aliphatic heterocycles. The van der Waals surface area contributed by atoms with Crippen LogP contribution in [-0.4, -0.2) is 50.4 Å². The number of halogens is 3. The Morgan fingerprint density at radius 2 is 1.74 bits per heavy atom. The zero-order valence-electron chi connectivity index (χ0n) is 31.7. The summed E-state index contributed by atoms with van der Waals surface area (Å²) in [5.41, 5.74) is 5.98. The summed E-state index contributed by atoms with van der Waals surface area (Å²) in [6, 6.07) is 12.7. The standard InChI is InChI=1S/C31H24F3N5O3.C10H16O4S/c1-15(2)41-24-9-7-18(12-22(24)34)27-26-30(35)36-14-37-31(26)39(38-27)16(3)29-25(17-5-4-6-19(32)11-17)28(40)21-13-20(33)8-10-23(21)42-29;1-9(2)7-3-4-10(9,8(11)5-7)6-15(12,13)14/h4-16H,1-3H3,(H2,35,36,37);7H,3-6H2,1-2H3,(H,12,13,14)/t16-;/m0./s1. The average molecular weight is 804 g/mol. The molecule has 0 amide bonds. The Kier molecular flexibility index (Phi) is 10.0. The molecule has 3 heterocycles. The van der Waals surface area contributed by atoms with Gasteiger partial charge in [0.25, 0.3) is 10.1 Å². The minimum atomic E-state index is -4.08. The lowest BCUT2D eigenvalue weighted by Crippen LogP contribution is -2.42. The van der Waals surface area contributed by atoms with Gasteiger partial charge in [-0.05, 0) is 99.0 Å². The summed E-state index contributed by atoms with van der Waals surface area (Å²) in [6.45, 7) is 9.19. The van der Waals surface area contributed by atoms with Crippen LogP contribution in [0.3, 0.4) is 0 Å². The molecule has 2 fully saturated rings. The number of hydrogen-bond acceptors (Lipinski definition) is 10. The summed E-state index contributed by atoms with van der Waals surface area (Å²) >= 11 is 0. The lowest BCUT2D eigenvalue weighted by atomic mass is 9.70. The highest BCUT2D eigenvalue weighted by atomic mass is 32.2. The van der Waals surface area contributed by atoms with Crippen molar-refractivity contribution in [2.75, 3.05) is 11.5 Å². The van der Waals surface area contributed by atoms with Crippen LogP contribution in [0.15, 0.2) is 76.2 Å². The molecular formula is C41H40F3N5O7S. The van der Waals surface area contributed by atoms with Crippen LogP contribution in [0.4, 0.5) is 19.0 Å². The number of rotatable bonds is 8. The monoisotopic (exact) mass is 803 g/mol. The van der Waals surface area contributed by atoms with Crippen molar-refractivity contribution in [1.82, 2.24) is 19.7 Å². The number of hydrogen-bond donors (Lipinski definition) is 2. The van der Waals surface area contributed by atoms with Gasteiger partial charge in [0.2, 0.25) is 5.43 Å². The molecule has 3 aromatic heterocycles. The summed E-state index contributed by atoms with van der Waals surface area (Å²) in [4.78, 5) is 34.1. The average Bonchev–Trinajstić information content (AvgIpc) is 3.70. The smallest absolute Gasteiger partial charge is 0.265 e. The quantitative estimate of drug-likeness (QED) is 0.143. The molecule has 2 bridgehead atoms. The highest BCUT2D eigenvalue weighted by Gasteiger charge is 2.65. The van der Waals surface area contributed by atoms with E-state index in [1.807, 2.05) is 13.8 Å². The second kappa shape index (κ2) is 14.4. The number of aromatic nitrogens is 4. The Labute approximate surface area is 325 Å². The van der Waals surface area contributed by atoms with Crippen molar-refractivity contribution in [3.05, 3.63) is 100 Å². The molecule has 12 nitrogen and oxygen atoms in total. The number of nitrogens with two attached hydrogens (primary N) is 1. The second-order valence-corrected chi connectivity index (χ2v) is 16.9. The van der Waals surface area contributed by atoms with Gasteiger partial charge in [0.05, 0.1) is 33.6 Å². The first-order valence-electron chi connectivity index (χ1n) is 18.3. The van der Waals surface area contributed by atoms with Crippen molar-refractivity contribution < 1.29 is 40.1 Å². The fraction of sp³-hybridized carbons (Fsp3) is 0.341. The van der Waals surface area contributed by atoms with Crippen molar-refractivity contribution in [3.63, 3.8) is 0 Å². The Bertz CT molecular complexity index is 2750. The fourth-order valence-corrected chi connectivity index (χ4v) is 9.69. The molecule has 57 heavy (non-hydrogen) atoms. The molecule has 3 N–H and O–H groups in total. The number of fused-ring (bicyclic) bond motifs is 4. The number of carbonyl (C=O) groups excluding carboxylic acids is 1. The molecule has 0 spiro atoms. The van der Waals surface area contributed by atoms with Gasteiger partial charge >= 0.3 is 0 Å². The second-order valence-electron chi connectivity index (χ2n) is 15.5. The van der Waals surface area contributed by atoms with E-state index in [9.17, 15) is 31.2 Å². The predicted molar refractivity (Wildman–Crippen MR) is 208 cm³/mol. The van der Waals surface area contributed by atoms with Crippen molar-refractivity contribution in [2.45, 2.75) is 66.0 Å². The molecule has 0 saturated heterocycles. The third-order valence-corrected chi connectivity index (χ3v) is 12.3. The third kappa shape index (κ3) is 7.05. The summed E-state index contributed by atoms with van der Waals surface area (Å²) in [7, 11) is -4.08. The van der Waals surface area contributed by atoms with E-state index in [2.05, 4.69) is 9.97 Å². The molecule has 6 aromatic rings. The van der Waals surface area contributed by atoms with Crippen molar-refractivity contribution in [3.8, 4) is 28.1 Å². The van der Waals surface area contributed by atoms with Gasteiger partial charge in [-0.15, -0.1) is 0 Å². The number of nitrogen functional groups attached to an aromatic ring is 1. The molecule has 298 valence electrons. The molecule has 3 aromatic carbocycles. The van der Waals surface area contributed by atoms with Crippen LogP contribution >= 0.6 is 0 Å².